The zero-order chi connectivity index (χ0) is 15.4. The van der Waals surface area contributed by atoms with Gasteiger partial charge in [0.25, 0.3) is 5.91 Å². The Morgan fingerprint density at radius 2 is 2.19 bits per heavy atom. The zero-order valence-electron chi connectivity index (χ0n) is 11.2. The molecule has 116 valence electrons. The number of aliphatic hydroxyl groups excluding tert-OH is 1. The molecule has 0 bridgehead atoms. The first kappa shape index (κ1) is 16.0. The second-order valence-corrected chi connectivity index (χ2v) is 5.39. The van der Waals surface area contributed by atoms with Gasteiger partial charge >= 0.3 is 6.61 Å². The monoisotopic (exact) mass is 319 g/mol. The molecular weight excluding hydrogens is 304 g/mol. The first-order chi connectivity index (χ1) is 10.0. The van der Waals surface area contributed by atoms with Gasteiger partial charge in [0.1, 0.15) is 5.75 Å². The second-order valence-electron chi connectivity index (χ2n) is 4.95. The van der Waals surface area contributed by atoms with E-state index in [0.717, 1.165) is 12.8 Å². The van der Waals surface area contributed by atoms with Crippen LogP contribution in [0.1, 0.15) is 29.6 Å². The molecule has 1 saturated carbocycles. The summed E-state index contributed by atoms with van der Waals surface area (Å²) in [5.41, 5.74) is -0.0358. The molecule has 1 aromatic carbocycles. The van der Waals surface area contributed by atoms with Crippen LogP contribution < -0.4 is 10.1 Å². The lowest BCUT2D eigenvalue weighted by molar-refractivity contribution is -0.0501. The quantitative estimate of drug-likeness (QED) is 0.812. The Bertz CT molecular complexity index is 509. The van der Waals surface area contributed by atoms with Gasteiger partial charge in [0.2, 0.25) is 0 Å². The van der Waals surface area contributed by atoms with Crippen molar-refractivity contribution in [3.63, 3.8) is 0 Å². The van der Waals surface area contributed by atoms with Gasteiger partial charge in [-0.25, -0.2) is 0 Å². The molecule has 0 spiro atoms. The highest BCUT2D eigenvalue weighted by Gasteiger charge is 2.32. The van der Waals surface area contributed by atoms with Crippen molar-refractivity contribution in [2.45, 2.75) is 31.9 Å². The summed E-state index contributed by atoms with van der Waals surface area (Å²) < 4.78 is 29.1. The van der Waals surface area contributed by atoms with Crippen molar-refractivity contribution >= 4 is 17.5 Å². The lowest BCUT2D eigenvalue weighted by atomic mass is 10.1. The summed E-state index contributed by atoms with van der Waals surface area (Å²) in [6.45, 7) is -3.06. The maximum Gasteiger partial charge on any atom is 0.387 e. The van der Waals surface area contributed by atoms with Crippen LogP contribution in [-0.2, 0) is 0 Å². The topological polar surface area (TPSA) is 58.6 Å². The van der Waals surface area contributed by atoms with E-state index in [0.29, 0.717) is 12.3 Å². The fourth-order valence-electron chi connectivity index (χ4n) is 2.19. The summed E-state index contributed by atoms with van der Waals surface area (Å²) in [6, 6.07) is 3.74. The maximum atomic E-state index is 12.4. The summed E-state index contributed by atoms with van der Waals surface area (Å²) in [7, 11) is 0. The Balaban J connectivity index is 2.14. The molecule has 21 heavy (non-hydrogen) atoms. The van der Waals surface area contributed by atoms with Crippen molar-refractivity contribution in [2.24, 2.45) is 5.92 Å². The second kappa shape index (κ2) is 7.04. The fourth-order valence-corrected chi connectivity index (χ4v) is 2.36. The Morgan fingerprint density at radius 1 is 1.48 bits per heavy atom. The van der Waals surface area contributed by atoms with E-state index in [1.54, 1.807) is 0 Å². The van der Waals surface area contributed by atoms with Gasteiger partial charge in [-0.3, -0.25) is 4.79 Å². The van der Waals surface area contributed by atoms with Gasteiger partial charge in [-0.1, -0.05) is 11.6 Å². The number of hydrogen-bond donors (Lipinski definition) is 2. The van der Waals surface area contributed by atoms with Crippen molar-refractivity contribution in [2.75, 3.05) is 6.61 Å². The van der Waals surface area contributed by atoms with Crippen LogP contribution >= 0.6 is 11.6 Å². The first-order valence-corrected chi connectivity index (χ1v) is 7.05. The number of carbonyl (C=O) groups excluding carboxylic acids is 1. The number of rotatable bonds is 7. The zero-order valence-corrected chi connectivity index (χ0v) is 11.9. The molecule has 0 radical (unpaired) electrons. The summed E-state index contributed by atoms with van der Waals surface area (Å²) in [5, 5.41) is 12.0. The van der Waals surface area contributed by atoms with E-state index in [1.807, 2.05) is 0 Å². The van der Waals surface area contributed by atoms with Gasteiger partial charge in [-0.2, -0.15) is 8.78 Å². The highest BCUT2D eigenvalue weighted by atomic mass is 35.5. The highest BCUT2D eigenvalue weighted by molar-refractivity contribution is 6.31. The van der Waals surface area contributed by atoms with Crippen molar-refractivity contribution in [3.8, 4) is 5.75 Å². The predicted octanol–water partition coefficient (Wildman–Crippen LogP) is 2.83. The third-order valence-electron chi connectivity index (χ3n) is 3.35. The first-order valence-electron chi connectivity index (χ1n) is 6.67. The van der Waals surface area contributed by atoms with E-state index in [2.05, 4.69) is 10.1 Å². The van der Waals surface area contributed by atoms with E-state index in [1.165, 1.54) is 18.2 Å². The molecule has 0 heterocycles. The summed E-state index contributed by atoms with van der Waals surface area (Å²) >= 11 is 5.81. The maximum absolute atomic E-state index is 12.4. The number of benzene rings is 1. The van der Waals surface area contributed by atoms with Crippen molar-refractivity contribution in [1.29, 1.82) is 0 Å². The summed E-state index contributed by atoms with van der Waals surface area (Å²) in [5.74, 6) is -0.413. The Kier molecular flexibility index (Phi) is 5.36. The molecule has 1 aromatic rings. The molecule has 1 amide bonds. The molecule has 4 nitrogen and oxygen atoms in total. The predicted molar refractivity (Wildman–Crippen MR) is 73.8 cm³/mol. The van der Waals surface area contributed by atoms with Gasteiger partial charge in [0.15, 0.2) is 0 Å². The number of nitrogens with one attached hydrogen (secondary N) is 1. The van der Waals surface area contributed by atoms with Crippen LogP contribution in [0.4, 0.5) is 8.78 Å². The standard InChI is InChI=1S/C14H16ClF2NO3/c15-9-3-4-12(21-14(16)17)10(7-9)13(20)18-11(5-6-19)8-1-2-8/h3-4,7-8,11,14,19H,1-2,5-6H2,(H,18,20). The number of carbonyl (C=O) groups is 1. The molecule has 1 atom stereocenters. The Hall–Kier alpha value is -1.40. The molecule has 7 heteroatoms. The third kappa shape index (κ3) is 4.54. The highest BCUT2D eigenvalue weighted by Crippen LogP contribution is 2.34. The van der Waals surface area contributed by atoms with Crippen LogP contribution in [-0.4, -0.2) is 30.3 Å². The Morgan fingerprint density at radius 3 is 2.76 bits per heavy atom. The molecule has 2 N–H and O–H groups in total. The van der Waals surface area contributed by atoms with Crippen LogP contribution in [0.15, 0.2) is 18.2 Å². The van der Waals surface area contributed by atoms with Gasteiger partial charge in [-0.05, 0) is 43.4 Å². The van der Waals surface area contributed by atoms with Gasteiger partial charge < -0.3 is 15.2 Å². The van der Waals surface area contributed by atoms with Crippen molar-refractivity contribution < 1.29 is 23.4 Å². The van der Waals surface area contributed by atoms with E-state index in [-0.39, 0.29) is 29.0 Å². The van der Waals surface area contributed by atoms with E-state index < -0.39 is 12.5 Å². The molecule has 1 fully saturated rings. The average molecular weight is 320 g/mol. The molecule has 0 saturated heterocycles. The SMILES string of the molecule is O=C(NC(CCO)C1CC1)c1cc(Cl)ccc1OC(F)F. The van der Waals surface area contributed by atoms with E-state index >= 15 is 0 Å². The molecule has 2 rings (SSSR count). The largest absolute Gasteiger partial charge is 0.434 e. The number of alkyl halides is 2. The van der Waals surface area contributed by atoms with Crippen LogP contribution in [0.5, 0.6) is 5.75 Å². The van der Waals surface area contributed by atoms with Crippen LogP contribution in [0.2, 0.25) is 5.02 Å². The molecule has 1 unspecified atom stereocenters. The van der Waals surface area contributed by atoms with Gasteiger partial charge in [0.05, 0.1) is 5.56 Å². The molecule has 0 aromatic heterocycles. The molecular formula is C14H16ClF2NO3. The average Bonchev–Trinajstić information content (AvgIpc) is 3.24. The number of ether oxygens (including phenoxy) is 1. The summed E-state index contributed by atoms with van der Waals surface area (Å²) in [4.78, 5) is 12.2. The Labute approximate surface area is 126 Å². The number of hydrogen-bond acceptors (Lipinski definition) is 3. The fraction of sp³-hybridized carbons (Fsp3) is 0.500. The van der Waals surface area contributed by atoms with Gasteiger partial charge in [-0.15, -0.1) is 0 Å². The van der Waals surface area contributed by atoms with Gasteiger partial charge in [0, 0.05) is 17.7 Å². The molecule has 0 aliphatic heterocycles. The number of aliphatic hydroxyl groups is 1. The van der Waals surface area contributed by atoms with Crippen LogP contribution in [0.25, 0.3) is 0 Å². The smallest absolute Gasteiger partial charge is 0.387 e. The summed E-state index contributed by atoms with van der Waals surface area (Å²) in [6.07, 6.45) is 2.41. The van der Waals surface area contributed by atoms with E-state index in [4.69, 9.17) is 16.7 Å². The third-order valence-corrected chi connectivity index (χ3v) is 3.59. The molecule has 1 aliphatic carbocycles. The minimum absolute atomic E-state index is 0.0358. The van der Waals surface area contributed by atoms with Crippen molar-refractivity contribution in [3.05, 3.63) is 28.8 Å². The van der Waals surface area contributed by atoms with Crippen LogP contribution in [0, 0.1) is 5.92 Å². The van der Waals surface area contributed by atoms with Crippen LogP contribution in [0.3, 0.4) is 0 Å². The lowest BCUT2D eigenvalue weighted by Crippen LogP contribution is -2.37. The molecule has 1 aliphatic rings. The lowest BCUT2D eigenvalue weighted by Gasteiger charge is -2.18. The number of amides is 1. The number of halogens is 3. The minimum atomic E-state index is -3.02. The van der Waals surface area contributed by atoms with Crippen molar-refractivity contribution in [1.82, 2.24) is 5.32 Å². The minimum Gasteiger partial charge on any atom is -0.434 e. The normalized spacial score (nSPS) is 15.9. The van der Waals surface area contributed by atoms with E-state index in [9.17, 15) is 13.6 Å².